The largest absolute Gasteiger partial charge is 0.356 e. The van der Waals surface area contributed by atoms with E-state index in [0.717, 1.165) is 35.6 Å². The Morgan fingerprint density at radius 2 is 0.614 bits per heavy atom. The van der Waals surface area contributed by atoms with E-state index in [1.54, 1.807) is 0 Å². The van der Waals surface area contributed by atoms with Crippen molar-refractivity contribution in [2.45, 2.75) is 52.4 Å². The Morgan fingerprint density at radius 1 is 0.364 bits per heavy atom. The molecule has 0 aromatic heterocycles. The fourth-order valence-electron chi connectivity index (χ4n) is 5.06. The lowest BCUT2D eigenvalue weighted by molar-refractivity contribution is 0.795. The monoisotopic (exact) mass is 576 g/mol. The minimum Gasteiger partial charge on any atom is -0.356 e. The predicted octanol–water partition coefficient (Wildman–Crippen LogP) is 12.2. The number of rotatable bonds is 14. The molecule has 222 valence electrons. The van der Waals surface area contributed by atoms with E-state index in [0.29, 0.717) is 0 Å². The third-order valence-electron chi connectivity index (χ3n) is 7.82. The van der Waals surface area contributed by atoms with Crippen LogP contribution in [0.15, 0.2) is 121 Å². The van der Waals surface area contributed by atoms with Gasteiger partial charge in [-0.05, 0) is 108 Å². The number of unbranched alkanes of at least 4 members (excludes halogenated alkanes) is 2. The highest BCUT2D eigenvalue weighted by Crippen LogP contribution is 2.21. The highest BCUT2D eigenvalue weighted by Gasteiger charge is 1.99. The van der Waals surface area contributed by atoms with Gasteiger partial charge in [0.15, 0.2) is 0 Å². The Balaban J connectivity index is 1.09. The zero-order valence-electron chi connectivity index (χ0n) is 26.1. The summed E-state index contributed by atoms with van der Waals surface area (Å²) in [6.45, 7) is 4.47. The molecular weight excluding hydrogens is 532 g/mol. The van der Waals surface area contributed by atoms with Crippen molar-refractivity contribution < 1.29 is 0 Å². The van der Waals surface area contributed by atoms with Crippen molar-refractivity contribution in [3.63, 3.8) is 0 Å². The molecule has 5 aromatic carbocycles. The second-order valence-electron chi connectivity index (χ2n) is 11.4. The summed E-state index contributed by atoms with van der Waals surface area (Å²) >= 11 is 0. The molecule has 0 radical (unpaired) electrons. The minimum atomic E-state index is 1.10. The number of nitrogens with one attached hydrogen (secondary N) is 2. The summed E-state index contributed by atoms with van der Waals surface area (Å²) < 4.78 is 0. The van der Waals surface area contributed by atoms with Crippen LogP contribution < -0.4 is 10.6 Å². The average Bonchev–Trinajstić information content (AvgIpc) is 3.07. The third-order valence-corrected chi connectivity index (χ3v) is 7.82. The molecule has 5 rings (SSSR count). The fraction of sp³-hybridized carbons (Fsp3) is 0.190. The number of hydrogen-bond donors (Lipinski definition) is 2. The van der Waals surface area contributed by atoms with Crippen LogP contribution in [0.2, 0.25) is 0 Å². The second-order valence-corrected chi connectivity index (χ2v) is 11.4. The molecule has 0 amide bonds. The minimum absolute atomic E-state index is 1.10. The maximum Gasteiger partial charge on any atom is 0.0384 e. The first-order valence-electron chi connectivity index (χ1n) is 16.0. The van der Waals surface area contributed by atoms with E-state index in [-0.39, 0.29) is 0 Å². The van der Waals surface area contributed by atoms with Gasteiger partial charge < -0.3 is 10.6 Å². The molecule has 0 saturated heterocycles. The molecular formula is C42H44N2. The lowest BCUT2D eigenvalue weighted by Gasteiger charge is -2.08. The van der Waals surface area contributed by atoms with Gasteiger partial charge in [0.1, 0.15) is 0 Å². The highest BCUT2D eigenvalue weighted by molar-refractivity contribution is 5.74. The first-order valence-corrected chi connectivity index (χ1v) is 16.0. The SMILES string of the molecule is CCCCc1ccc(Nc2ccc(/C=C/c3ccc(/C=C/c4ccc(Nc5ccc(CCCC)cc5)cc4)cc3)cc2)cc1. The summed E-state index contributed by atoms with van der Waals surface area (Å²) in [7, 11) is 0. The first-order chi connectivity index (χ1) is 21.7. The lowest BCUT2D eigenvalue weighted by atomic mass is 10.1. The van der Waals surface area contributed by atoms with Gasteiger partial charge >= 0.3 is 0 Å². The topological polar surface area (TPSA) is 24.1 Å². The number of aryl methyl sites for hydroxylation is 2. The Bertz CT molecular complexity index is 1480. The van der Waals surface area contributed by atoms with Gasteiger partial charge in [0, 0.05) is 22.7 Å². The van der Waals surface area contributed by atoms with E-state index in [4.69, 9.17) is 0 Å². The summed E-state index contributed by atoms with van der Waals surface area (Å²) in [5, 5.41) is 7.01. The van der Waals surface area contributed by atoms with Crippen LogP contribution >= 0.6 is 0 Å². The van der Waals surface area contributed by atoms with Gasteiger partial charge in [-0.15, -0.1) is 0 Å². The molecule has 0 atom stereocenters. The number of hydrogen-bond acceptors (Lipinski definition) is 2. The van der Waals surface area contributed by atoms with E-state index in [9.17, 15) is 0 Å². The first kappa shape index (κ1) is 30.6. The van der Waals surface area contributed by atoms with Gasteiger partial charge in [0.05, 0.1) is 0 Å². The standard InChI is InChI=1S/C42H44N2/c1-3-5-7-33-17-25-39(26-18-33)43-41-29-21-37(22-30-41)15-13-35-9-11-36(12-10-35)14-16-38-23-31-42(32-24-38)44-40-27-19-34(20-28-40)8-6-4-2/h9-32,43-44H,3-8H2,1-2H3/b15-13+,16-14+. The molecule has 2 heteroatoms. The molecule has 0 bridgehead atoms. The average molecular weight is 577 g/mol. The summed E-state index contributed by atoms with van der Waals surface area (Å²) in [4.78, 5) is 0. The second kappa shape index (κ2) is 16.1. The molecule has 0 aliphatic heterocycles. The molecule has 2 N–H and O–H groups in total. The highest BCUT2D eigenvalue weighted by atomic mass is 14.9. The molecule has 5 aromatic rings. The van der Waals surface area contributed by atoms with E-state index in [1.807, 2.05) is 0 Å². The van der Waals surface area contributed by atoms with Crippen LogP contribution in [0.4, 0.5) is 22.7 Å². The van der Waals surface area contributed by atoms with Gasteiger partial charge in [-0.1, -0.05) is 124 Å². The van der Waals surface area contributed by atoms with Crippen LogP contribution in [-0.4, -0.2) is 0 Å². The molecule has 0 fully saturated rings. The zero-order chi connectivity index (χ0) is 30.4. The zero-order valence-corrected chi connectivity index (χ0v) is 26.1. The van der Waals surface area contributed by atoms with Gasteiger partial charge in [-0.25, -0.2) is 0 Å². The molecule has 0 aliphatic carbocycles. The van der Waals surface area contributed by atoms with Crippen LogP contribution in [0.1, 0.15) is 72.9 Å². The molecule has 2 nitrogen and oxygen atoms in total. The number of benzene rings is 5. The quantitative estimate of drug-likeness (QED) is 0.128. The maximum atomic E-state index is 3.50. The molecule has 0 saturated carbocycles. The van der Waals surface area contributed by atoms with Crippen molar-refractivity contribution in [3.8, 4) is 0 Å². The van der Waals surface area contributed by atoms with Gasteiger partial charge in [0.2, 0.25) is 0 Å². The summed E-state index contributed by atoms with van der Waals surface area (Å²) in [6, 6.07) is 43.3. The van der Waals surface area contributed by atoms with E-state index in [2.05, 4.69) is 170 Å². The van der Waals surface area contributed by atoms with E-state index < -0.39 is 0 Å². The van der Waals surface area contributed by atoms with Crippen LogP contribution in [0.25, 0.3) is 24.3 Å². The summed E-state index contributed by atoms with van der Waals surface area (Å²) in [6.07, 6.45) is 15.9. The maximum absolute atomic E-state index is 3.50. The third kappa shape index (κ3) is 9.61. The summed E-state index contributed by atoms with van der Waals surface area (Å²) in [5.74, 6) is 0. The lowest BCUT2D eigenvalue weighted by Crippen LogP contribution is -1.91. The molecule has 0 aliphatic rings. The van der Waals surface area contributed by atoms with Gasteiger partial charge in [-0.2, -0.15) is 0 Å². The van der Waals surface area contributed by atoms with Crippen molar-refractivity contribution in [1.29, 1.82) is 0 Å². The van der Waals surface area contributed by atoms with Crippen molar-refractivity contribution in [2.75, 3.05) is 10.6 Å². The normalized spacial score (nSPS) is 11.3. The van der Waals surface area contributed by atoms with Gasteiger partial charge in [0.25, 0.3) is 0 Å². The Morgan fingerprint density at radius 3 is 0.886 bits per heavy atom. The van der Waals surface area contributed by atoms with Crippen LogP contribution in [0.3, 0.4) is 0 Å². The van der Waals surface area contributed by atoms with Crippen molar-refractivity contribution in [1.82, 2.24) is 0 Å². The van der Waals surface area contributed by atoms with Crippen molar-refractivity contribution in [2.24, 2.45) is 0 Å². The van der Waals surface area contributed by atoms with Crippen LogP contribution in [-0.2, 0) is 12.8 Å². The number of anilines is 4. The Hall–Kier alpha value is -4.82. The summed E-state index contributed by atoms with van der Waals surface area (Å²) in [5.41, 5.74) is 12.0. The van der Waals surface area contributed by atoms with Crippen LogP contribution in [0.5, 0.6) is 0 Å². The van der Waals surface area contributed by atoms with Gasteiger partial charge in [-0.3, -0.25) is 0 Å². The van der Waals surface area contributed by atoms with E-state index in [1.165, 1.54) is 59.1 Å². The van der Waals surface area contributed by atoms with Crippen LogP contribution in [0, 0.1) is 0 Å². The Labute approximate surface area is 264 Å². The fourth-order valence-corrected chi connectivity index (χ4v) is 5.06. The molecule has 0 spiro atoms. The molecule has 44 heavy (non-hydrogen) atoms. The predicted molar refractivity (Wildman–Crippen MR) is 194 cm³/mol. The van der Waals surface area contributed by atoms with Crippen molar-refractivity contribution >= 4 is 47.1 Å². The molecule has 0 unspecified atom stereocenters. The molecule has 0 heterocycles. The Kier molecular flexibility index (Phi) is 11.2. The van der Waals surface area contributed by atoms with E-state index >= 15 is 0 Å². The smallest absolute Gasteiger partial charge is 0.0384 e. The van der Waals surface area contributed by atoms with Crippen molar-refractivity contribution in [3.05, 3.63) is 155 Å².